The van der Waals surface area contributed by atoms with Crippen molar-refractivity contribution >= 4 is 47.5 Å². The molecule has 5 nitrogen and oxygen atoms in total. The third-order valence-electron chi connectivity index (χ3n) is 4.96. The molecule has 152 valence electrons. The van der Waals surface area contributed by atoms with Crippen LogP contribution < -0.4 is 10.2 Å². The van der Waals surface area contributed by atoms with Gasteiger partial charge in [-0.1, -0.05) is 0 Å². The summed E-state index contributed by atoms with van der Waals surface area (Å²) < 4.78 is 0.284. The van der Waals surface area contributed by atoms with E-state index >= 15 is 0 Å². The van der Waals surface area contributed by atoms with E-state index in [0.717, 1.165) is 50.3 Å². The van der Waals surface area contributed by atoms with Crippen molar-refractivity contribution in [2.45, 2.75) is 51.3 Å². The molecule has 0 spiro atoms. The van der Waals surface area contributed by atoms with Crippen LogP contribution in [0.3, 0.4) is 0 Å². The largest absolute Gasteiger partial charge is 0.357 e. The van der Waals surface area contributed by atoms with Gasteiger partial charge in [0.05, 0.1) is 6.54 Å². The molecular formula is C20H34IN5S. The topological polar surface area (TPSA) is 43.8 Å². The molecule has 7 heteroatoms. The summed E-state index contributed by atoms with van der Waals surface area (Å²) in [5, 5.41) is 3.48. The van der Waals surface area contributed by atoms with E-state index in [1.807, 2.05) is 6.20 Å². The zero-order chi connectivity index (χ0) is 18.4. The maximum Gasteiger partial charge on any atom is 0.194 e. The number of piperidine rings is 1. The average molecular weight is 503 g/mol. The number of rotatable bonds is 4. The fraction of sp³-hybridized carbons (Fsp3) is 0.700. The van der Waals surface area contributed by atoms with Crippen molar-refractivity contribution < 1.29 is 0 Å². The van der Waals surface area contributed by atoms with Crippen molar-refractivity contribution in [3.63, 3.8) is 0 Å². The van der Waals surface area contributed by atoms with Crippen LogP contribution in [0.5, 0.6) is 0 Å². The fourth-order valence-corrected chi connectivity index (χ4v) is 4.76. The number of nitrogens with zero attached hydrogens (tertiary/aromatic N) is 4. The van der Waals surface area contributed by atoms with Crippen LogP contribution in [0.15, 0.2) is 23.3 Å². The number of aromatic nitrogens is 1. The maximum absolute atomic E-state index is 4.94. The van der Waals surface area contributed by atoms with Gasteiger partial charge in [-0.05, 0) is 57.7 Å². The van der Waals surface area contributed by atoms with Crippen LogP contribution in [0.4, 0.5) is 5.82 Å². The number of hydrogen-bond donors (Lipinski definition) is 1. The van der Waals surface area contributed by atoms with Crippen molar-refractivity contribution in [3.05, 3.63) is 23.9 Å². The van der Waals surface area contributed by atoms with Crippen molar-refractivity contribution in [2.24, 2.45) is 4.99 Å². The number of thioether (sulfide) groups is 1. The molecule has 0 unspecified atom stereocenters. The first-order chi connectivity index (χ1) is 12.6. The maximum atomic E-state index is 4.94. The number of hydrogen-bond acceptors (Lipinski definition) is 4. The summed E-state index contributed by atoms with van der Waals surface area (Å²) in [7, 11) is 0. The Morgan fingerprint density at radius 2 is 2.04 bits per heavy atom. The Kier molecular flexibility index (Phi) is 8.98. The van der Waals surface area contributed by atoms with Crippen molar-refractivity contribution in [1.29, 1.82) is 0 Å². The summed E-state index contributed by atoms with van der Waals surface area (Å²) >= 11 is 2.05. The Hall–Kier alpha value is -0.700. The minimum Gasteiger partial charge on any atom is -0.357 e. The number of anilines is 1. The first kappa shape index (κ1) is 22.6. The van der Waals surface area contributed by atoms with Gasteiger partial charge < -0.3 is 15.1 Å². The molecule has 0 aromatic carbocycles. The van der Waals surface area contributed by atoms with E-state index in [0.29, 0.717) is 6.54 Å². The number of nitrogens with one attached hydrogen (secondary N) is 1. The zero-order valence-corrected chi connectivity index (χ0v) is 20.1. The highest BCUT2D eigenvalue weighted by molar-refractivity contribution is 14.0. The standard InChI is InChI=1S/C20H33N5S.HI/c1-4-21-19(25-12-13-26-20(2,3)16-25)23-15-17-8-9-22-18(14-17)24-10-6-5-7-11-24;/h8-9,14H,4-7,10-13,15-16H2,1-3H3,(H,21,23);1H. The van der Waals surface area contributed by atoms with Crippen LogP contribution in [0.2, 0.25) is 0 Å². The molecule has 2 fully saturated rings. The van der Waals surface area contributed by atoms with Gasteiger partial charge in [0.15, 0.2) is 5.96 Å². The monoisotopic (exact) mass is 503 g/mol. The SMILES string of the molecule is CCNC(=NCc1ccnc(N2CCCCC2)c1)N1CCSC(C)(C)C1.I. The smallest absolute Gasteiger partial charge is 0.194 e. The Labute approximate surface area is 185 Å². The molecule has 0 atom stereocenters. The van der Waals surface area contributed by atoms with E-state index in [-0.39, 0.29) is 28.7 Å². The third-order valence-corrected chi connectivity index (χ3v) is 6.26. The lowest BCUT2D eigenvalue weighted by atomic mass is 10.1. The Bertz CT molecular complexity index is 616. The van der Waals surface area contributed by atoms with E-state index < -0.39 is 0 Å². The molecule has 0 radical (unpaired) electrons. The van der Waals surface area contributed by atoms with Crippen LogP contribution in [0.1, 0.15) is 45.6 Å². The zero-order valence-electron chi connectivity index (χ0n) is 16.9. The summed E-state index contributed by atoms with van der Waals surface area (Å²) in [6.45, 7) is 12.7. The van der Waals surface area contributed by atoms with Gasteiger partial charge in [-0.25, -0.2) is 9.98 Å². The number of aliphatic imine (C=N–C) groups is 1. The van der Waals surface area contributed by atoms with Crippen LogP contribution >= 0.6 is 35.7 Å². The van der Waals surface area contributed by atoms with Gasteiger partial charge in [-0.15, -0.1) is 24.0 Å². The lowest BCUT2D eigenvalue weighted by molar-refractivity contribution is 0.376. The number of guanidine groups is 1. The van der Waals surface area contributed by atoms with Crippen LogP contribution in [0.25, 0.3) is 0 Å². The third kappa shape index (κ3) is 6.69. The summed E-state index contributed by atoms with van der Waals surface area (Å²) in [6, 6.07) is 4.31. The summed E-state index contributed by atoms with van der Waals surface area (Å²) in [6.07, 6.45) is 5.83. The second kappa shape index (κ2) is 10.7. The fourth-order valence-electron chi connectivity index (χ4n) is 3.64. The van der Waals surface area contributed by atoms with E-state index in [2.05, 4.69) is 64.8 Å². The van der Waals surface area contributed by atoms with Gasteiger partial charge in [0, 0.05) is 49.4 Å². The van der Waals surface area contributed by atoms with Crippen LogP contribution in [0, 0.1) is 0 Å². The van der Waals surface area contributed by atoms with Gasteiger partial charge in [0.25, 0.3) is 0 Å². The van der Waals surface area contributed by atoms with E-state index in [1.54, 1.807) is 0 Å². The van der Waals surface area contributed by atoms with Gasteiger partial charge in [-0.2, -0.15) is 11.8 Å². The van der Waals surface area contributed by atoms with Crippen LogP contribution in [-0.4, -0.2) is 59.1 Å². The lowest BCUT2D eigenvalue weighted by Crippen LogP contribution is -2.50. The number of halogens is 1. The molecule has 0 amide bonds. The predicted octanol–water partition coefficient (Wildman–Crippen LogP) is 3.98. The van der Waals surface area contributed by atoms with Crippen LogP contribution in [-0.2, 0) is 6.54 Å². The molecule has 2 aliphatic heterocycles. The van der Waals surface area contributed by atoms with Gasteiger partial charge in [0.1, 0.15) is 5.82 Å². The minimum absolute atomic E-state index is 0. The normalized spacial score (nSPS) is 20.2. The highest BCUT2D eigenvalue weighted by atomic mass is 127. The second-order valence-corrected chi connectivity index (χ2v) is 9.57. The molecule has 1 aromatic heterocycles. The van der Waals surface area contributed by atoms with Crippen molar-refractivity contribution in [3.8, 4) is 0 Å². The van der Waals surface area contributed by atoms with E-state index in [4.69, 9.17) is 4.99 Å². The molecule has 0 aliphatic carbocycles. The highest BCUT2D eigenvalue weighted by Gasteiger charge is 2.28. The Morgan fingerprint density at radius 3 is 2.74 bits per heavy atom. The molecule has 27 heavy (non-hydrogen) atoms. The second-order valence-electron chi connectivity index (χ2n) is 7.77. The highest BCUT2D eigenvalue weighted by Crippen LogP contribution is 2.29. The van der Waals surface area contributed by atoms with E-state index in [9.17, 15) is 0 Å². The summed E-state index contributed by atoms with van der Waals surface area (Å²) in [5.41, 5.74) is 1.24. The van der Waals surface area contributed by atoms with Gasteiger partial charge >= 0.3 is 0 Å². The van der Waals surface area contributed by atoms with Gasteiger partial charge in [-0.3, -0.25) is 0 Å². The quantitative estimate of drug-likeness (QED) is 0.383. The molecule has 3 rings (SSSR count). The Morgan fingerprint density at radius 1 is 1.26 bits per heavy atom. The lowest BCUT2D eigenvalue weighted by Gasteiger charge is -2.39. The van der Waals surface area contributed by atoms with Crippen molar-refractivity contribution in [1.82, 2.24) is 15.2 Å². The molecular weight excluding hydrogens is 469 g/mol. The molecule has 3 heterocycles. The molecule has 0 saturated carbocycles. The minimum atomic E-state index is 0. The molecule has 0 bridgehead atoms. The molecule has 1 N–H and O–H groups in total. The van der Waals surface area contributed by atoms with E-state index in [1.165, 1.54) is 24.8 Å². The Balaban J connectivity index is 0.00000261. The molecule has 1 aromatic rings. The van der Waals surface area contributed by atoms with Gasteiger partial charge in [0.2, 0.25) is 0 Å². The van der Waals surface area contributed by atoms with Crippen molar-refractivity contribution in [2.75, 3.05) is 43.4 Å². The number of pyridine rings is 1. The summed E-state index contributed by atoms with van der Waals surface area (Å²) in [5.74, 6) is 3.31. The first-order valence-corrected chi connectivity index (χ1v) is 10.9. The first-order valence-electron chi connectivity index (χ1n) is 9.94. The average Bonchev–Trinajstić information content (AvgIpc) is 2.65. The predicted molar refractivity (Wildman–Crippen MR) is 129 cm³/mol. The summed E-state index contributed by atoms with van der Waals surface area (Å²) in [4.78, 5) is 14.3. The molecule has 2 saturated heterocycles. The molecule has 2 aliphatic rings.